The lowest BCUT2D eigenvalue weighted by molar-refractivity contribution is 0.102. The number of sulfonamides is 1. The van der Waals surface area contributed by atoms with E-state index in [0.29, 0.717) is 22.7 Å². The van der Waals surface area contributed by atoms with Crippen molar-refractivity contribution in [2.45, 2.75) is 25.7 Å². The van der Waals surface area contributed by atoms with E-state index in [4.69, 9.17) is 4.74 Å². The normalized spacial score (nSPS) is 11.1. The standard InChI is InChI=1S/C23H24N2O4S/c1-15-13-16(2)22(17(3)14-15)25-30(27,28)21-11-7-19(8-12-21)24-23(26)18-5-9-20(29-4)10-6-18/h5-14,25H,1-4H3,(H,24,26). The topological polar surface area (TPSA) is 84.5 Å². The third-order valence-corrected chi connectivity index (χ3v) is 6.05. The summed E-state index contributed by atoms with van der Waals surface area (Å²) >= 11 is 0. The van der Waals surface area contributed by atoms with Gasteiger partial charge in [0.05, 0.1) is 17.7 Å². The molecule has 2 N–H and O–H groups in total. The minimum Gasteiger partial charge on any atom is -0.497 e. The van der Waals surface area contributed by atoms with Crippen molar-refractivity contribution in [3.8, 4) is 5.75 Å². The van der Waals surface area contributed by atoms with Crippen LogP contribution in [0.15, 0.2) is 65.6 Å². The number of amides is 1. The van der Waals surface area contributed by atoms with E-state index < -0.39 is 10.0 Å². The van der Waals surface area contributed by atoms with E-state index in [-0.39, 0.29) is 10.8 Å². The Bertz CT molecular complexity index is 1150. The molecule has 0 aliphatic carbocycles. The summed E-state index contributed by atoms with van der Waals surface area (Å²) in [6.07, 6.45) is 0. The lowest BCUT2D eigenvalue weighted by Gasteiger charge is -2.14. The van der Waals surface area contributed by atoms with Gasteiger partial charge in [-0.1, -0.05) is 17.7 Å². The van der Waals surface area contributed by atoms with Crippen molar-refractivity contribution in [2.75, 3.05) is 17.1 Å². The minimum atomic E-state index is -3.75. The van der Waals surface area contributed by atoms with Gasteiger partial charge >= 0.3 is 0 Å². The molecule has 0 atom stereocenters. The molecule has 0 aliphatic heterocycles. The molecule has 156 valence electrons. The Kier molecular flexibility index (Phi) is 6.12. The van der Waals surface area contributed by atoms with Gasteiger partial charge in [-0.15, -0.1) is 0 Å². The lowest BCUT2D eigenvalue weighted by atomic mass is 10.1. The van der Waals surface area contributed by atoms with Crippen molar-refractivity contribution in [3.63, 3.8) is 0 Å². The van der Waals surface area contributed by atoms with Crippen LogP contribution in [-0.4, -0.2) is 21.4 Å². The van der Waals surface area contributed by atoms with Crippen LogP contribution >= 0.6 is 0 Å². The second-order valence-corrected chi connectivity index (χ2v) is 8.77. The molecule has 0 heterocycles. The number of aryl methyl sites for hydroxylation is 3. The van der Waals surface area contributed by atoms with Gasteiger partial charge in [0, 0.05) is 11.3 Å². The molecule has 0 unspecified atom stereocenters. The predicted octanol–water partition coefficient (Wildman–Crippen LogP) is 4.67. The molecule has 0 saturated carbocycles. The first-order valence-electron chi connectivity index (χ1n) is 9.36. The quantitative estimate of drug-likeness (QED) is 0.602. The van der Waals surface area contributed by atoms with Crippen LogP contribution in [0, 0.1) is 20.8 Å². The Hall–Kier alpha value is -3.32. The first-order chi connectivity index (χ1) is 14.2. The van der Waals surface area contributed by atoms with Gasteiger partial charge in [0.1, 0.15) is 5.75 Å². The van der Waals surface area contributed by atoms with Crippen molar-refractivity contribution in [2.24, 2.45) is 0 Å². The number of ether oxygens (including phenoxy) is 1. The highest BCUT2D eigenvalue weighted by Crippen LogP contribution is 2.25. The van der Waals surface area contributed by atoms with E-state index in [9.17, 15) is 13.2 Å². The van der Waals surface area contributed by atoms with E-state index in [1.54, 1.807) is 43.5 Å². The van der Waals surface area contributed by atoms with Crippen molar-refractivity contribution >= 4 is 27.3 Å². The van der Waals surface area contributed by atoms with Crippen LogP contribution in [0.5, 0.6) is 5.75 Å². The molecule has 0 fully saturated rings. The Morgan fingerprint density at radius 1 is 0.867 bits per heavy atom. The summed E-state index contributed by atoms with van der Waals surface area (Å²) < 4.78 is 33.3. The molecule has 3 aromatic rings. The van der Waals surface area contributed by atoms with Crippen LogP contribution < -0.4 is 14.8 Å². The van der Waals surface area contributed by atoms with E-state index in [2.05, 4.69) is 10.0 Å². The van der Waals surface area contributed by atoms with Gasteiger partial charge in [0.15, 0.2) is 0 Å². The minimum absolute atomic E-state index is 0.115. The third-order valence-electron chi connectivity index (χ3n) is 4.69. The number of carbonyl (C=O) groups excluding carboxylic acids is 1. The Morgan fingerprint density at radius 3 is 1.97 bits per heavy atom. The van der Waals surface area contributed by atoms with Crippen LogP contribution in [-0.2, 0) is 10.0 Å². The molecule has 0 aromatic heterocycles. The first kappa shape index (κ1) is 21.4. The Labute approximate surface area is 177 Å². The van der Waals surface area contributed by atoms with Crippen LogP contribution in [0.4, 0.5) is 11.4 Å². The van der Waals surface area contributed by atoms with E-state index in [1.165, 1.54) is 12.1 Å². The maximum atomic E-state index is 12.8. The summed E-state index contributed by atoms with van der Waals surface area (Å²) in [5, 5.41) is 2.75. The number of benzene rings is 3. The van der Waals surface area contributed by atoms with Crippen LogP contribution in [0.2, 0.25) is 0 Å². The maximum absolute atomic E-state index is 12.8. The average Bonchev–Trinajstić information content (AvgIpc) is 2.71. The molecular formula is C23H24N2O4S. The van der Waals surface area contributed by atoms with Gasteiger partial charge in [-0.05, 0) is 80.4 Å². The number of hydrogen-bond acceptors (Lipinski definition) is 4. The second-order valence-electron chi connectivity index (χ2n) is 7.09. The molecule has 3 aromatic carbocycles. The second kappa shape index (κ2) is 8.59. The lowest BCUT2D eigenvalue weighted by Crippen LogP contribution is -2.15. The molecule has 0 bridgehead atoms. The van der Waals surface area contributed by atoms with Gasteiger partial charge in [0.25, 0.3) is 15.9 Å². The summed E-state index contributed by atoms with van der Waals surface area (Å²) in [6.45, 7) is 5.71. The number of methoxy groups -OCH3 is 1. The molecule has 0 aliphatic rings. The fourth-order valence-corrected chi connectivity index (χ4v) is 4.40. The molecule has 0 saturated heterocycles. The largest absolute Gasteiger partial charge is 0.497 e. The molecule has 0 radical (unpaired) electrons. The highest BCUT2D eigenvalue weighted by atomic mass is 32.2. The summed E-state index contributed by atoms with van der Waals surface area (Å²) in [6, 6.07) is 16.6. The fraction of sp³-hybridized carbons (Fsp3) is 0.174. The summed E-state index contributed by atoms with van der Waals surface area (Å²) in [7, 11) is -2.20. The van der Waals surface area contributed by atoms with Gasteiger partial charge in [0.2, 0.25) is 0 Å². The number of hydrogen-bond donors (Lipinski definition) is 2. The van der Waals surface area contributed by atoms with Gasteiger partial charge < -0.3 is 10.1 Å². The molecule has 1 amide bonds. The number of rotatable bonds is 6. The summed E-state index contributed by atoms with van der Waals surface area (Å²) in [4.78, 5) is 12.5. The highest BCUT2D eigenvalue weighted by molar-refractivity contribution is 7.92. The van der Waals surface area contributed by atoms with Gasteiger partial charge in [-0.3, -0.25) is 9.52 Å². The molecule has 6 nitrogen and oxygen atoms in total. The molecule has 0 spiro atoms. The average molecular weight is 425 g/mol. The van der Waals surface area contributed by atoms with Gasteiger partial charge in [-0.2, -0.15) is 0 Å². The number of carbonyl (C=O) groups is 1. The van der Waals surface area contributed by atoms with Crippen molar-refractivity contribution in [3.05, 3.63) is 82.9 Å². The SMILES string of the molecule is COc1ccc(C(=O)Nc2ccc(S(=O)(=O)Nc3c(C)cc(C)cc3C)cc2)cc1. The van der Waals surface area contributed by atoms with E-state index in [1.807, 2.05) is 32.9 Å². The smallest absolute Gasteiger partial charge is 0.261 e. The molecule has 30 heavy (non-hydrogen) atoms. The molecular weight excluding hydrogens is 400 g/mol. The zero-order valence-corrected chi connectivity index (χ0v) is 18.1. The van der Waals surface area contributed by atoms with Crippen molar-refractivity contribution in [1.29, 1.82) is 0 Å². The summed E-state index contributed by atoms with van der Waals surface area (Å²) in [5.41, 5.74) is 4.35. The first-order valence-corrected chi connectivity index (χ1v) is 10.8. The fourth-order valence-electron chi connectivity index (χ4n) is 3.20. The van der Waals surface area contributed by atoms with E-state index >= 15 is 0 Å². The zero-order chi connectivity index (χ0) is 21.9. The predicted molar refractivity (Wildman–Crippen MR) is 119 cm³/mol. The highest BCUT2D eigenvalue weighted by Gasteiger charge is 2.17. The Morgan fingerprint density at radius 2 is 1.43 bits per heavy atom. The Balaban J connectivity index is 1.75. The number of nitrogens with one attached hydrogen (secondary N) is 2. The molecule has 3 rings (SSSR count). The third kappa shape index (κ3) is 4.80. The van der Waals surface area contributed by atoms with E-state index in [0.717, 1.165) is 16.7 Å². The van der Waals surface area contributed by atoms with Crippen molar-refractivity contribution < 1.29 is 17.9 Å². The number of anilines is 2. The van der Waals surface area contributed by atoms with Crippen LogP contribution in [0.1, 0.15) is 27.0 Å². The van der Waals surface area contributed by atoms with Gasteiger partial charge in [-0.25, -0.2) is 8.42 Å². The van der Waals surface area contributed by atoms with Crippen molar-refractivity contribution in [1.82, 2.24) is 0 Å². The zero-order valence-electron chi connectivity index (χ0n) is 17.3. The van der Waals surface area contributed by atoms with Crippen LogP contribution in [0.25, 0.3) is 0 Å². The van der Waals surface area contributed by atoms with Crippen LogP contribution in [0.3, 0.4) is 0 Å². The maximum Gasteiger partial charge on any atom is 0.261 e. The summed E-state index contributed by atoms with van der Waals surface area (Å²) in [5.74, 6) is 0.366. The molecule has 7 heteroatoms. The monoisotopic (exact) mass is 424 g/mol.